The average Bonchev–Trinajstić information content (AvgIpc) is 2.74. The maximum atomic E-state index is 5.76. The molecular formula is C11H20O2. The van der Waals surface area contributed by atoms with Gasteiger partial charge in [0, 0.05) is 12.5 Å². The van der Waals surface area contributed by atoms with Crippen LogP contribution >= 0.6 is 0 Å². The van der Waals surface area contributed by atoms with Gasteiger partial charge in [0.2, 0.25) is 0 Å². The van der Waals surface area contributed by atoms with Crippen LogP contribution in [0, 0.1) is 11.3 Å². The fraction of sp³-hybridized carbons (Fsp3) is 1.00. The number of hydrogen-bond donors (Lipinski definition) is 0. The Morgan fingerprint density at radius 2 is 2.31 bits per heavy atom. The predicted molar refractivity (Wildman–Crippen MR) is 51.7 cm³/mol. The van der Waals surface area contributed by atoms with Gasteiger partial charge < -0.3 is 9.47 Å². The van der Waals surface area contributed by atoms with Crippen LogP contribution in [0.1, 0.15) is 32.6 Å². The van der Waals surface area contributed by atoms with Gasteiger partial charge in [0.1, 0.15) is 0 Å². The van der Waals surface area contributed by atoms with Gasteiger partial charge in [-0.2, -0.15) is 0 Å². The monoisotopic (exact) mass is 184 g/mol. The SMILES string of the molecule is CCC1(COCC2CCOC2)CC1. The molecule has 1 aliphatic carbocycles. The van der Waals surface area contributed by atoms with Gasteiger partial charge in [0.05, 0.1) is 19.8 Å². The van der Waals surface area contributed by atoms with Crippen molar-refractivity contribution in [3.05, 3.63) is 0 Å². The van der Waals surface area contributed by atoms with Crippen LogP contribution < -0.4 is 0 Å². The predicted octanol–water partition coefficient (Wildman–Crippen LogP) is 2.23. The first kappa shape index (κ1) is 9.47. The van der Waals surface area contributed by atoms with Crippen molar-refractivity contribution in [2.45, 2.75) is 32.6 Å². The second-order valence-corrected chi connectivity index (χ2v) is 4.60. The summed E-state index contributed by atoms with van der Waals surface area (Å²) in [6.45, 7) is 6.03. The molecule has 76 valence electrons. The Hall–Kier alpha value is -0.0800. The largest absolute Gasteiger partial charge is 0.381 e. The molecule has 1 unspecified atom stereocenters. The Morgan fingerprint density at radius 3 is 2.85 bits per heavy atom. The molecule has 2 rings (SSSR count). The Labute approximate surface area is 80.6 Å². The molecule has 2 aliphatic rings. The summed E-state index contributed by atoms with van der Waals surface area (Å²) >= 11 is 0. The molecule has 1 heterocycles. The Kier molecular flexibility index (Phi) is 2.89. The molecule has 0 radical (unpaired) electrons. The molecule has 1 saturated heterocycles. The summed E-state index contributed by atoms with van der Waals surface area (Å²) < 4.78 is 11.1. The highest BCUT2D eigenvalue weighted by atomic mass is 16.5. The van der Waals surface area contributed by atoms with Crippen molar-refractivity contribution in [3.8, 4) is 0 Å². The lowest BCUT2D eigenvalue weighted by Gasteiger charge is -2.14. The van der Waals surface area contributed by atoms with Crippen LogP contribution in [0.3, 0.4) is 0 Å². The van der Waals surface area contributed by atoms with Crippen molar-refractivity contribution < 1.29 is 9.47 Å². The van der Waals surface area contributed by atoms with Gasteiger partial charge >= 0.3 is 0 Å². The lowest BCUT2D eigenvalue weighted by atomic mass is 10.1. The Balaban J connectivity index is 1.58. The fourth-order valence-corrected chi connectivity index (χ4v) is 1.93. The molecule has 0 aromatic heterocycles. The molecule has 0 N–H and O–H groups in total. The molecule has 1 aliphatic heterocycles. The summed E-state index contributed by atoms with van der Waals surface area (Å²) in [7, 11) is 0. The fourth-order valence-electron chi connectivity index (χ4n) is 1.93. The van der Waals surface area contributed by atoms with E-state index in [-0.39, 0.29) is 0 Å². The zero-order valence-corrected chi connectivity index (χ0v) is 8.55. The molecule has 13 heavy (non-hydrogen) atoms. The highest BCUT2D eigenvalue weighted by Crippen LogP contribution is 2.48. The van der Waals surface area contributed by atoms with Crippen LogP contribution in [0.15, 0.2) is 0 Å². The molecule has 0 spiro atoms. The van der Waals surface area contributed by atoms with Crippen LogP contribution in [-0.2, 0) is 9.47 Å². The Morgan fingerprint density at radius 1 is 1.46 bits per heavy atom. The maximum Gasteiger partial charge on any atom is 0.0522 e. The first-order chi connectivity index (χ1) is 6.35. The van der Waals surface area contributed by atoms with Crippen molar-refractivity contribution in [2.75, 3.05) is 26.4 Å². The molecule has 0 aromatic carbocycles. The number of ether oxygens (including phenoxy) is 2. The topological polar surface area (TPSA) is 18.5 Å². The normalized spacial score (nSPS) is 30.7. The number of rotatable bonds is 5. The average molecular weight is 184 g/mol. The van der Waals surface area contributed by atoms with Crippen LogP contribution in [0.5, 0.6) is 0 Å². The van der Waals surface area contributed by atoms with Crippen molar-refractivity contribution in [2.24, 2.45) is 11.3 Å². The lowest BCUT2D eigenvalue weighted by molar-refractivity contribution is 0.0573. The van der Waals surface area contributed by atoms with Gasteiger partial charge in [-0.05, 0) is 31.1 Å². The van der Waals surface area contributed by atoms with E-state index < -0.39 is 0 Å². The van der Waals surface area contributed by atoms with Crippen LogP contribution in [-0.4, -0.2) is 26.4 Å². The van der Waals surface area contributed by atoms with Crippen molar-refractivity contribution in [1.82, 2.24) is 0 Å². The summed E-state index contributed by atoms with van der Waals surface area (Å²) in [5, 5.41) is 0. The molecule has 1 saturated carbocycles. The second kappa shape index (κ2) is 3.97. The van der Waals surface area contributed by atoms with E-state index in [4.69, 9.17) is 9.47 Å². The van der Waals surface area contributed by atoms with E-state index >= 15 is 0 Å². The van der Waals surface area contributed by atoms with Gasteiger partial charge in [0.25, 0.3) is 0 Å². The van der Waals surface area contributed by atoms with E-state index in [0.29, 0.717) is 11.3 Å². The van der Waals surface area contributed by atoms with E-state index in [2.05, 4.69) is 6.92 Å². The van der Waals surface area contributed by atoms with Crippen LogP contribution in [0.25, 0.3) is 0 Å². The number of hydrogen-bond acceptors (Lipinski definition) is 2. The van der Waals surface area contributed by atoms with E-state index in [1.807, 2.05) is 0 Å². The molecule has 1 atom stereocenters. The lowest BCUT2D eigenvalue weighted by Crippen LogP contribution is -2.15. The van der Waals surface area contributed by atoms with Gasteiger partial charge in [-0.25, -0.2) is 0 Å². The molecule has 2 fully saturated rings. The van der Waals surface area contributed by atoms with Gasteiger partial charge in [-0.1, -0.05) is 6.92 Å². The van der Waals surface area contributed by atoms with E-state index in [1.165, 1.54) is 25.7 Å². The molecule has 2 nitrogen and oxygen atoms in total. The van der Waals surface area contributed by atoms with E-state index in [0.717, 1.165) is 26.4 Å². The van der Waals surface area contributed by atoms with Gasteiger partial charge in [-0.15, -0.1) is 0 Å². The summed E-state index contributed by atoms with van der Waals surface area (Å²) in [5.41, 5.74) is 0.583. The maximum absolute atomic E-state index is 5.76. The third kappa shape index (κ3) is 2.44. The highest BCUT2D eigenvalue weighted by Gasteiger charge is 2.40. The third-order valence-electron chi connectivity index (χ3n) is 3.49. The van der Waals surface area contributed by atoms with Crippen molar-refractivity contribution >= 4 is 0 Å². The summed E-state index contributed by atoms with van der Waals surface area (Å²) in [6.07, 6.45) is 5.24. The summed E-state index contributed by atoms with van der Waals surface area (Å²) in [6, 6.07) is 0. The van der Waals surface area contributed by atoms with Crippen LogP contribution in [0.2, 0.25) is 0 Å². The molecular weight excluding hydrogens is 164 g/mol. The quantitative estimate of drug-likeness (QED) is 0.652. The first-order valence-electron chi connectivity index (χ1n) is 5.50. The minimum absolute atomic E-state index is 0.583. The van der Waals surface area contributed by atoms with Crippen LogP contribution in [0.4, 0.5) is 0 Å². The van der Waals surface area contributed by atoms with Crippen molar-refractivity contribution in [1.29, 1.82) is 0 Å². The highest BCUT2D eigenvalue weighted by molar-refractivity contribution is 4.91. The zero-order valence-electron chi connectivity index (χ0n) is 8.55. The third-order valence-corrected chi connectivity index (χ3v) is 3.49. The van der Waals surface area contributed by atoms with Gasteiger partial charge in [-0.3, -0.25) is 0 Å². The van der Waals surface area contributed by atoms with E-state index in [9.17, 15) is 0 Å². The first-order valence-corrected chi connectivity index (χ1v) is 5.50. The zero-order chi connectivity index (χ0) is 9.15. The summed E-state index contributed by atoms with van der Waals surface area (Å²) in [5.74, 6) is 0.674. The smallest absolute Gasteiger partial charge is 0.0522 e. The second-order valence-electron chi connectivity index (χ2n) is 4.60. The van der Waals surface area contributed by atoms with Crippen molar-refractivity contribution in [3.63, 3.8) is 0 Å². The summed E-state index contributed by atoms with van der Waals surface area (Å²) in [4.78, 5) is 0. The minimum atomic E-state index is 0.583. The molecule has 0 amide bonds. The Bertz CT molecular complexity index is 157. The molecule has 0 bridgehead atoms. The minimum Gasteiger partial charge on any atom is -0.381 e. The molecule has 0 aromatic rings. The van der Waals surface area contributed by atoms with E-state index in [1.54, 1.807) is 0 Å². The molecule has 2 heteroatoms. The standard InChI is InChI=1S/C11H20O2/c1-2-11(4-5-11)9-13-8-10-3-6-12-7-10/h10H,2-9H2,1H3. The van der Waals surface area contributed by atoms with Gasteiger partial charge in [0.15, 0.2) is 0 Å².